The van der Waals surface area contributed by atoms with Crippen LogP contribution >= 0.6 is 39.9 Å². The second-order valence-corrected chi connectivity index (χ2v) is 6.68. The number of ether oxygens (including phenoxy) is 3. The fourth-order valence-electron chi connectivity index (χ4n) is 2.89. The first-order valence-corrected chi connectivity index (χ1v) is 8.54. The summed E-state index contributed by atoms with van der Waals surface area (Å²) in [5.41, 5.74) is 1.11. The first-order chi connectivity index (χ1) is 11.2. The minimum Gasteiger partial charge on any atom is -0.454 e. The number of halogens is 2. The van der Waals surface area contributed by atoms with Gasteiger partial charge in [-0.05, 0) is 40.0 Å². The lowest BCUT2D eigenvalue weighted by molar-refractivity contribution is 0.173. The molecule has 2 aliphatic heterocycles. The smallest absolute Gasteiger partial charge is 0.231 e. The number of aliphatic imine (C=N–C) groups is 1. The second kappa shape index (κ2) is 9.10. The number of guanidine groups is 1. The second-order valence-electron chi connectivity index (χ2n) is 5.82. The molecule has 1 N–H and O–H groups in total. The highest BCUT2D eigenvalue weighted by molar-refractivity contribution is 14.0. The van der Waals surface area contributed by atoms with Gasteiger partial charge in [0, 0.05) is 39.7 Å². The average Bonchev–Trinajstić information content (AvgIpc) is 3.19. The summed E-state index contributed by atoms with van der Waals surface area (Å²) in [5, 5.41) is 3.40. The Kier molecular flexibility index (Phi) is 7.42. The molecule has 6 nitrogen and oxygen atoms in total. The molecule has 0 aliphatic carbocycles. The van der Waals surface area contributed by atoms with Gasteiger partial charge in [0.05, 0.1) is 11.1 Å². The van der Waals surface area contributed by atoms with Gasteiger partial charge in [0.1, 0.15) is 0 Å². The molecular formula is C16H23BrIN3O3. The van der Waals surface area contributed by atoms with Crippen LogP contribution in [0.4, 0.5) is 0 Å². The van der Waals surface area contributed by atoms with Gasteiger partial charge >= 0.3 is 0 Å². The number of nitrogens with zero attached hydrogens (tertiary/aromatic N) is 2. The maximum Gasteiger partial charge on any atom is 0.231 e. The maximum absolute atomic E-state index is 5.45. The molecule has 1 aromatic carbocycles. The highest BCUT2D eigenvalue weighted by atomic mass is 127. The van der Waals surface area contributed by atoms with E-state index in [4.69, 9.17) is 14.2 Å². The van der Waals surface area contributed by atoms with Gasteiger partial charge in [0.15, 0.2) is 17.5 Å². The van der Waals surface area contributed by atoms with E-state index in [9.17, 15) is 0 Å². The van der Waals surface area contributed by atoms with Crippen molar-refractivity contribution < 1.29 is 14.2 Å². The van der Waals surface area contributed by atoms with Crippen LogP contribution in [0, 0.1) is 5.92 Å². The van der Waals surface area contributed by atoms with E-state index in [1.54, 1.807) is 7.05 Å². The fourth-order valence-corrected chi connectivity index (χ4v) is 3.49. The highest BCUT2D eigenvalue weighted by Crippen LogP contribution is 2.39. The molecule has 1 aromatic rings. The molecule has 2 aliphatic rings. The van der Waals surface area contributed by atoms with Crippen LogP contribution in [-0.4, -0.2) is 51.5 Å². The lowest BCUT2D eigenvalue weighted by atomic mass is 10.1. The Balaban J connectivity index is 0.00000208. The van der Waals surface area contributed by atoms with E-state index < -0.39 is 0 Å². The van der Waals surface area contributed by atoms with Crippen LogP contribution in [0.15, 0.2) is 21.6 Å². The topological polar surface area (TPSA) is 55.3 Å². The third-order valence-corrected chi connectivity index (χ3v) is 4.66. The van der Waals surface area contributed by atoms with Crippen LogP contribution in [0.3, 0.4) is 0 Å². The van der Waals surface area contributed by atoms with Gasteiger partial charge in [0.2, 0.25) is 6.79 Å². The third-order valence-electron chi connectivity index (χ3n) is 4.07. The van der Waals surface area contributed by atoms with E-state index in [0.717, 1.165) is 53.7 Å². The summed E-state index contributed by atoms with van der Waals surface area (Å²) in [7, 11) is 3.86. The van der Waals surface area contributed by atoms with Crippen molar-refractivity contribution in [1.82, 2.24) is 10.2 Å². The summed E-state index contributed by atoms with van der Waals surface area (Å²) in [5.74, 6) is 3.02. The van der Waals surface area contributed by atoms with Gasteiger partial charge in [-0.2, -0.15) is 0 Å². The normalized spacial score (nSPS) is 19.1. The van der Waals surface area contributed by atoms with Crippen molar-refractivity contribution in [1.29, 1.82) is 0 Å². The molecule has 0 amide bonds. The molecule has 1 atom stereocenters. The molecule has 0 aromatic heterocycles. The van der Waals surface area contributed by atoms with E-state index >= 15 is 0 Å². The monoisotopic (exact) mass is 511 g/mol. The molecule has 1 fully saturated rings. The first kappa shape index (κ1) is 19.6. The summed E-state index contributed by atoms with van der Waals surface area (Å²) in [6, 6.07) is 4.04. The SMILES string of the molecule is CN=C(NCc1cc(Br)c2c(c1)OCO2)N(C)CC1CCOC1.I. The molecule has 8 heteroatoms. The molecule has 0 spiro atoms. The molecule has 3 rings (SSSR count). The Labute approximate surface area is 168 Å². The number of nitrogens with one attached hydrogen (secondary N) is 1. The minimum absolute atomic E-state index is 0. The van der Waals surface area contributed by atoms with E-state index in [1.165, 1.54) is 0 Å². The van der Waals surface area contributed by atoms with E-state index in [-0.39, 0.29) is 30.8 Å². The van der Waals surface area contributed by atoms with Crippen molar-refractivity contribution in [2.45, 2.75) is 13.0 Å². The lowest BCUT2D eigenvalue weighted by Gasteiger charge is -2.24. The molecule has 134 valence electrons. The molecule has 0 saturated carbocycles. The van der Waals surface area contributed by atoms with Gasteiger partial charge in [0.25, 0.3) is 0 Å². The van der Waals surface area contributed by atoms with Crippen LogP contribution in [0.25, 0.3) is 0 Å². The predicted octanol–water partition coefficient (Wildman–Crippen LogP) is 2.84. The zero-order valence-corrected chi connectivity index (χ0v) is 17.8. The number of rotatable bonds is 4. The Morgan fingerprint density at radius 2 is 2.25 bits per heavy atom. The summed E-state index contributed by atoms with van der Waals surface area (Å²) >= 11 is 3.52. The lowest BCUT2D eigenvalue weighted by Crippen LogP contribution is -2.41. The van der Waals surface area contributed by atoms with Crippen LogP contribution in [0.2, 0.25) is 0 Å². The summed E-state index contributed by atoms with van der Waals surface area (Å²) in [4.78, 5) is 6.52. The van der Waals surface area contributed by atoms with Crippen LogP contribution < -0.4 is 14.8 Å². The molecule has 0 bridgehead atoms. The number of fused-ring (bicyclic) bond motifs is 1. The van der Waals surface area contributed by atoms with Crippen molar-refractivity contribution in [2.24, 2.45) is 10.9 Å². The predicted molar refractivity (Wildman–Crippen MR) is 107 cm³/mol. The quantitative estimate of drug-likeness (QED) is 0.383. The Hall–Kier alpha value is -0.740. The van der Waals surface area contributed by atoms with Crippen LogP contribution in [0.5, 0.6) is 11.5 Å². The zero-order chi connectivity index (χ0) is 16.2. The summed E-state index contributed by atoms with van der Waals surface area (Å²) in [6.07, 6.45) is 1.12. The van der Waals surface area contributed by atoms with Crippen molar-refractivity contribution in [3.05, 3.63) is 22.2 Å². The number of hydrogen-bond donors (Lipinski definition) is 1. The number of hydrogen-bond acceptors (Lipinski definition) is 4. The minimum atomic E-state index is 0. The molecule has 0 radical (unpaired) electrons. The summed E-state index contributed by atoms with van der Waals surface area (Å²) < 4.78 is 17.2. The molecule has 1 saturated heterocycles. The van der Waals surface area contributed by atoms with Gasteiger partial charge in [-0.3, -0.25) is 4.99 Å². The van der Waals surface area contributed by atoms with Crippen molar-refractivity contribution in [3.63, 3.8) is 0 Å². The van der Waals surface area contributed by atoms with Gasteiger partial charge < -0.3 is 24.4 Å². The highest BCUT2D eigenvalue weighted by Gasteiger charge is 2.20. The van der Waals surface area contributed by atoms with Crippen LogP contribution in [0.1, 0.15) is 12.0 Å². The van der Waals surface area contributed by atoms with Crippen molar-refractivity contribution >= 4 is 45.9 Å². The van der Waals surface area contributed by atoms with Gasteiger partial charge in [-0.15, -0.1) is 24.0 Å². The van der Waals surface area contributed by atoms with E-state index in [0.29, 0.717) is 12.5 Å². The van der Waals surface area contributed by atoms with Crippen LogP contribution in [-0.2, 0) is 11.3 Å². The fraction of sp³-hybridized carbons (Fsp3) is 0.562. The third kappa shape index (κ3) is 4.66. The maximum atomic E-state index is 5.45. The van der Waals surface area contributed by atoms with Gasteiger partial charge in [-0.25, -0.2) is 0 Å². The average molecular weight is 512 g/mol. The molecule has 1 unspecified atom stereocenters. The van der Waals surface area contributed by atoms with Gasteiger partial charge in [-0.1, -0.05) is 0 Å². The first-order valence-electron chi connectivity index (χ1n) is 7.75. The Morgan fingerprint density at radius 3 is 2.96 bits per heavy atom. The molecular weight excluding hydrogens is 489 g/mol. The Morgan fingerprint density at radius 1 is 1.42 bits per heavy atom. The van der Waals surface area contributed by atoms with Crippen molar-refractivity contribution in [2.75, 3.05) is 40.6 Å². The number of benzene rings is 1. The molecule has 24 heavy (non-hydrogen) atoms. The van der Waals surface area contributed by atoms with E-state index in [2.05, 4.69) is 38.2 Å². The van der Waals surface area contributed by atoms with Crippen molar-refractivity contribution in [3.8, 4) is 11.5 Å². The zero-order valence-electron chi connectivity index (χ0n) is 13.9. The summed E-state index contributed by atoms with van der Waals surface area (Å²) in [6.45, 7) is 3.61. The largest absolute Gasteiger partial charge is 0.454 e. The standard InChI is InChI=1S/C16H22BrN3O3.HI/c1-18-16(20(2)8-11-3-4-21-9-11)19-7-12-5-13(17)15-14(6-12)22-10-23-15;/h5-6,11H,3-4,7-10H2,1-2H3,(H,18,19);1H. The van der Waals surface area contributed by atoms with E-state index in [1.807, 2.05) is 12.1 Å². The Bertz CT molecular complexity index is 594. The molecule has 2 heterocycles.